The SMILES string of the molecule is Cc1c(Cl)cccc1NC(=O)N1CCc2[nH]nc(-c3ccccc3)c2C1.N#Cc1ccc(Cl)cc1NC(=O)N1CCc2[nH]nc(-c3ccccc3)c2C1.O=C(Nc1cc(Cl)ccc1Cl)N1CCc2[nH]nc(-c3ccccc3)c2C1.O=C(Nc1ccc(Br)c(Cl)c1)N1CCc2[nH]nc(-c3ccccc3)c2C1. The average molecular weight is 1560 g/mol. The maximum absolute atomic E-state index is 12.8. The first-order valence-corrected chi connectivity index (χ1v) is 36.2. The van der Waals surface area contributed by atoms with E-state index in [4.69, 9.17) is 58.0 Å². The maximum Gasteiger partial charge on any atom is 0.322 e. The van der Waals surface area contributed by atoms with Crippen LogP contribution >= 0.6 is 73.9 Å². The number of nitriles is 1. The van der Waals surface area contributed by atoms with Crippen molar-refractivity contribution in [3.8, 4) is 51.1 Å². The van der Waals surface area contributed by atoms with Crippen LogP contribution in [0.25, 0.3) is 45.0 Å². The van der Waals surface area contributed by atoms with Crippen LogP contribution in [0.15, 0.2) is 199 Å². The zero-order chi connectivity index (χ0) is 73.1. The quantitative estimate of drug-likeness (QED) is 0.0718. The molecule has 530 valence electrons. The Bertz CT molecular complexity index is 5080. The van der Waals surface area contributed by atoms with Gasteiger partial charge in [-0.05, 0) is 95.1 Å². The maximum atomic E-state index is 12.8. The smallest absolute Gasteiger partial charge is 0.320 e. The zero-order valence-corrected chi connectivity index (χ0v) is 61.8. The number of aromatic amines is 4. The molecule has 0 unspecified atom stereocenters. The number of fused-ring (bicyclic) bond motifs is 4. The second-order valence-corrected chi connectivity index (χ2v) is 27.9. The van der Waals surface area contributed by atoms with Gasteiger partial charge in [-0.15, -0.1) is 0 Å². The number of urea groups is 4. The lowest BCUT2D eigenvalue weighted by Gasteiger charge is -2.27. The van der Waals surface area contributed by atoms with Crippen molar-refractivity contribution in [3.05, 3.63) is 280 Å². The molecule has 8 amide bonds. The molecule has 0 saturated carbocycles. The standard InChI is InChI=1S/C20H16ClN5O.C20H19ClN4O.C19H16BrClN4O.C19H16Cl2N4O/c21-15-7-6-14(11-22)18(10-15)23-20(27)26-9-8-17-16(12-26)19(25-24-17)13-4-2-1-3-5-13;1-13-16(21)8-5-9-17(13)22-20(26)25-11-10-18-15(12-25)19(24-23-18)14-6-3-2-4-7-14;20-15-7-6-13(10-16(15)21)22-19(26)25-9-8-17-14(11-25)18(24-23-17)12-4-2-1-3-5-12;20-13-6-7-15(21)17(10-13)22-19(26)25-9-8-16-14(11-25)18(24-23-16)12-4-2-1-3-5-12/h1-7,10H,8-9,12H2,(H,23,27)(H,24,25);2-9H,10-12H2,1H3,(H,22,26)(H,23,24);2*1-7,10H,8-9,11H2,(H,22,26)(H,23,24). The van der Waals surface area contributed by atoms with E-state index in [0.29, 0.717) is 107 Å². The summed E-state index contributed by atoms with van der Waals surface area (Å²) >= 11 is 33.7. The van der Waals surface area contributed by atoms with Gasteiger partial charge in [0.2, 0.25) is 0 Å². The van der Waals surface area contributed by atoms with Crippen molar-refractivity contribution in [2.75, 3.05) is 47.4 Å². The van der Waals surface area contributed by atoms with Crippen LogP contribution in [0.1, 0.15) is 56.2 Å². The Kier molecular flexibility index (Phi) is 22.9. The third-order valence-electron chi connectivity index (χ3n) is 18.3. The predicted molar refractivity (Wildman–Crippen MR) is 417 cm³/mol. The number of hydrogen-bond donors (Lipinski definition) is 8. The molecular formula is C78H67BrCl5N17O4. The highest BCUT2D eigenvalue weighted by Crippen LogP contribution is 2.36. The molecule has 4 aromatic heterocycles. The number of rotatable bonds is 8. The molecule has 4 aliphatic rings. The minimum Gasteiger partial charge on any atom is -0.320 e. The summed E-state index contributed by atoms with van der Waals surface area (Å²) < 4.78 is 0.797. The van der Waals surface area contributed by atoms with E-state index < -0.39 is 0 Å². The van der Waals surface area contributed by atoms with Gasteiger partial charge in [0.1, 0.15) is 6.07 Å². The highest BCUT2D eigenvalue weighted by Gasteiger charge is 2.31. The summed E-state index contributed by atoms with van der Waals surface area (Å²) in [6, 6.07) is 61.9. The van der Waals surface area contributed by atoms with Crippen LogP contribution in [0.5, 0.6) is 0 Å². The van der Waals surface area contributed by atoms with Gasteiger partial charge in [-0.1, -0.05) is 185 Å². The molecule has 21 nitrogen and oxygen atoms in total. The van der Waals surface area contributed by atoms with Crippen molar-refractivity contribution in [3.63, 3.8) is 0 Å². The summed E-state index contributed by atoms with van der Waals surface area (Å²) in [6.45, 7) is 6.34. The lowest BCUT2D eigenvalue weighted by atomic mass is 10.0. The lowest BCUT2D eigenvalue weighted by molar-refractivity contribution is 0.205. The van der Waals surface area contributed by atoms with Crippen molar-refractivity contribution in [2.45, 2.75) is 58.8 Å². The first-order chi connectivity index (χ1) is 51.0. The number of amides is 8. The first-order valence-electron chi connectivity index (χ1n) is 33.6. The third-order valence-corrected chi connectivity index (χ3v) is 20.7. The molecule has 0 fully saturated rings. The van der Waals surface area contributed by atoms with Crippen LogP contribution in [-0.2, 0) is 51.9 Å². The van der Waals surface area contributed by atoms with E-state index in [1.54, 1.807) is 57.2 Å². The second kappa shape index (κ2) is 33.3. The topological polar surface area (TPSA) is 268 Å². The highest BCUT2D eigenvalue weighted by atomic mass is 79.9. The van der Waals surface area contributed by atoms with E-state index >= 15 is 0 Å². The van der Waals surface area contributed by atoms with Crippen molar-refractivity contribution in [1.82, 2.24) is 60.4 Å². The summed E-state index contributed by atoms with van der Waals surface area (Å²) in [5.74, 6) is 0. The molecule has 0 spiro atoms. The molecule has 0 atom stereocenters. The van der Waals surface area contributed by atoms with Crippen LogP contribution in [0.4, 0.5) is 41.9 Å². The molecule has 8 N–H and O–H groups in total. The van der Waals surface area contributed by atoms with E-state index in [1.165, 1.54) is 0 Å². The highest BCUT2D eigenvalue weighted by molar-refractivity contribution is 9.10. The Balaban J connectivity index is 0.000000124. The number of H-pyrrole nitrogens is 4. The number of carbonyl (C=O) groups is 4. The molecule has 12 aromatic rings. The van der Waals surface area contributed by atoms with Crippen molar-refractivity contribution in [2.24, 2.45) is 0 Å². The zero-order valence-electron chi connectivity index (χ0n) is 56.4. The van der Waals surface area contributed by atoms with E-state index in [1.807, 2.05) is 163 Å². The summed E-state index contributed by atoms with van der Waals surface area (Å²) in [5, 5.41) is 53.7. The fourth-order valence-electron chi connectivity index (χ4n) is 12.6. The van der Waals surface area contributed by atoms with Gasteiger partial charge in [-0.25, -0.2) is 19.2 Å². The number of anilines is 4. The van der Waals surface area contributed by atoms with Crippen molar-refractivity contribution < 1.29 is 19.2 Å². The van der Waals surface area contributed by atoms with E-state index in [2.05, 4.69) is 84.1 Å². The van der Waals surface area contributed by atoms with E-state index in [9.17, 15) is 24.4 Å². The van der Waals surface area contributed by atoms with Gasteiger partial charge in [-0.2, -0.15) is 25.7 Å². The Morgan fingerprint density at radius 3 is 1.15 bits per heavy atom. The number of carbonyl (C=O) groups excluding carboxylic acids is 4. The van der Waals surface area contributed by atoms with Gasteiger partial charge in [0, 0.05) is 150 Å². The number of benzene rings is 8. The monoisotopic (exact) mass is 1560 g/mol. The fraction of sp³-hybridized carbons (Fsp3) is 0.167. The molecule has 0 saturated heterocycles. The van der Waals surface area contributed by atoms with Crippen LogP contribution in [0.3, 0.4) is 0 Å². The Labute approximate surface area is 638 Å². The Morgan fingerprint density at radius 1 is 0.400 bits per heavy atom. The number of hydrogen-bond acceptors (Lipinski definition) is 9. The van der Waals surface area contributed by atoms with Gasteiger partial charge in [-0.3, -0.25) is 20.4 Å². The fourth-order valence-corrected chi connectivity index (χ4v) is 13.7. The van der Waals surface area contributed by atoms with Crippen molar-refractivity contribution >= 4 is 121 Å². The van der Waals surface area contributed by atoms with Crippen LogP contribution < -0.4 is 21.3 Å². The Morgan fingerprint density at radius 2 is 0.762 bits per heavy atom. The van der Waals surface area contributed by atoms with Crippen LogP contribution in [-0.4, -0.2) is 111 Å². The van der Waals surface area contributed by atoms with Gasteiger partial charge >= 0.3 is 24.1 Å². The summed E-state index contributed by atoms with van der Waals surface area (Å²) in [5.41, 5.74) is 19.9. The first kappa shape index (κ1) is 72.5. The van der Waals surface area contributed by atoms with Crippen LogP contribution in [0, 0.1) is 18.3 Å². The third kappa shape index (κ3) is 17.2. The molecule has 0 aliphatic carbocycles. The number of nitrogens with zero attached hydrogens (tertiary/aromatic N) is 9. The molecule has 0 radical (unpaired) electrons. The van der Waals surface area contributed by atoms with E-state index in [-0.39, 0.29) is 24.1 Å². The minimum absolute atomic E-state index is 0.124. The number of aromatic nitrogens is 8. The van der Waals surface area contributed by atoms with Gasteiger partial charge in [0.05, 0.1) is 75.9 Å². The lowest BCUT2D eigenvalue weighted by Crippen LogP contribution is -2.39. The summed E-state index contributed by atoms with van der Waals surface area (Å²) in [6.07, 6.45) is 2.94. The summed E-state index contributed by atoms with van der Waals surface area (Å²) in [7, 11) is 0. The molecule has 16 rings (SSSR count). The van der Waals surface area contributed by atoms with Gasteiger partial charge in [0.25, 0.3) is 0 Å². The molecule has 0 bridgehead atoms. The number of nitrogens with one attached hydrogen (secondary N) is 8. The normalized spacial score (nSPS) is 13.3. The molecule has 105 heavy (non-hydrogen) atoms. The molecule has 27 heteroatoms. The predicted octanol–water partition coefficient (Wildman–Crippen LogP) is 18.9. The average Bonchev–Trinajstić information content (AvgIpc) is 1.70. The van der Waals surface area contributed by atoms with Crippen LogP contribution in [0.2, 0.25) is 25.1 Å². The second-order valence-electron chi connectivity index (χ2n) is 25.0. The van der Waals surface area contributed by atoms with Crippen molar-refractivity contribution in [1.29, 1.82) is 5.26 Å². The summed E-state index contributed by atoms with van der Waals surface area (Å²) in [4.78, 5) is 57.9. The van der Waals surface area contributed by atoms with Gasteiger partial charge in [0.15, 0.2) is 0 Å². The number of halogens is 6. The molecule has 8 aromatic carbocycles. The molecular weight excluding hydrogens is 1500 g/mol. The van der Waals surface area contributed by atoms with E-state index in [0.717, 1.165) is 125 Å². The molecule has 4 aliphatic heterocycles. The molecule has 8 heterocycles. The largest absolute Gasteiger partial charge is 0.322 e. The minimum atomic E-state index is -0.264. The Hall–Kier alpha value is -10.9. The van der Waals surface area contributed by atoms with Gasteiger partial charge < -0.3 is 40.9 Å².